The Hall–Kier alpha value is -7.18. The van der Waals surface area contributed by atoms with Gasteiger partial charge in [0.2, 0.25) is 0 Å². The normalized spacial score (nSPS) is 14.4. The van der Waals surface area contributed by atoms with Gasteiger partial charge in [-0.3, -0.25) is 0 Å². The fourth-order valence-electron chi connectivity index (χ4n) is 9.10. The molecule has 3 nitrogen and oxygen atoms in total. The number of thioether (sulfide) groups is 1. The Morgan fingerprint density at radius 3 is 1.77 bits per heavy atom. The number of allylic oxidation sites excluding steroid dienone is 4. The number of benzene rings is 8. The molecule has 1 unspecified atom stereocenters. The second-order valence-electron chi connectivity index (χ2n) is 15.9. The van der Waals surface area contributed by atoms with Gasteiger partial charge in [-0.15, -0.1) is 11.3 Å². The van der Waals surface area contributed by atoms with E-state index in [0.717, 1.165) is 28.5 Å². The van der Waals surface area contributed by atoms with Gasteiger partial charge in [-0.2, -0.15) is 0 Å². The molecule has 2 aromatic heterocycles. The van der Waals surface area contributed by atoms with E-state index in [-0.39, 0.29) is 0 Å². The lowest BCUT2D eigenvalue weighted by Gasteiger charge is -2.19. The van der Waals surface area contributed by atoms with Gasteiger partial charge in [0.05, 0.1) is 0 Å². The Morgan fingerprint density at radius 2 is 0.984 bits per heavy atom. The first-order chi connectivity index (χ1) is 30.7. The Balaban J connectivity index is 0.944. The zero-order valence-corrected chi connectivity index (χ0v) is 35.2. The van der Waals surface area contributed by atoms with Crippen molar-refractivity contribution in [3.63, 3.8) is 0 Å². The molecule has 5 heteroatoms. The second kappa shape index (κ2) is 15.4. The lowest BCUT2D eigenvalue weighted by Crippen LogP contribution is -2.02. The molecule has 2 aliphatic rings. The van der Waals surface area contributed by atoms with Crippen LogP contribution >= 0.6 is 23.1 Å². The molecular formula is C57H37N3S2. The predicted molar refractivity (Wildman–Crippen MR) is 261 cm³/mol. The summed E-state index contributed by atoms with van der Waals surface area (Å²) in [6.45, 7) is 0. The third-order valence-corrected chi connectivity index (χ3v) is 14.6. The lowest BCUT2D eigenvalue weighted by atomic mass is 9.85. The third-order valence-electron chi connectivity index (χ3n) is 12.2. The highest BCUT2D eigenvalue weighted by Crippen LogP contribution is 2.53. The Kier molecular flexibility index (Phi) is 9.09. The Morgan fingerprint density at radius 1 is 0.403 bits per heavy atom. The minimum Gasteiger partial charge on any atom is -0.208 e. The Labute approximate surface area is 368 Å². The van der Waals surface area contributed by atoms with E-state index in [2.05, 4.69) is 188 Å². The van der Waals surface area contributed by atoms with Crippen molar-refractivity contribution in [2.45, 2.75) is 17.2 Å². The molecule has 0 amide bonds. The number of nitrogens with zero attached hydrogens (tertiary/aromatic N) is 3. The molecule has 0 saturated heterocycles. The van der Waals surface area contributed by atoms with Crippen molar-refractivity contribution in [1.82, 2.24) is 15.0 Å². The number of hydrogen-bond acceptors (Lipinski definition) is 5. The second-order valence-corrected chi connectivity index (χ2v) is 18.1. The van der Waals surface area contributed by atoms with Gasteiger partial charge in [0.15, 0.2) is 17.5 Å². The van der Waals surface area contributed by atoms with Crippen molar-refractivity contribution >= 4 is 48.8 Å². The topological polar surface area (TPSA) is 38.7 Å². The van der Waals surface area contributed by atoms with Crippen LogP contribution < -0.4 is 0 Å². The molecule has 3 heterocycles. The number of rotatable bonds is 7. The molecule has 1 atom stereocenters. The number of fused-ring (bicyclic) bond motifs is 6. The van der Waals surface area contributed by atoms with Gasteiger partial charge in [-0.05, 0) is 91.7 Å². The zero-order valence-electron chi connectivity index (χ0n) is 33.6. The molecular weight excluding hydrogens is 791 g/mol. The highest BCUT2D eigenvalue weighted by molar-refractivity contribution is 8.03. The van der Waals surface area contributed by atoms with Crippen molar-refractivity contribution in [1.29, 1.82) is 0 Å². The van der Waals surface area contributed by atoms with E-state index in [9.17, 15) is 0 Å². The maximum atomic E-state index is 5.27. The van der Waals surface area contributed by atoms with E-state index in [1.807, 2.05) is 41.3 Å². The molecule has 0 N–H and O–H groups in total. The van der Waals surface area contributed by atoms with Crippen molar-refractivity contribution < 1.29 is 0 Å². The average molecular weight is 828 g/mol. The largest absolute Gasteiger partial charge is 0.208 e. The van der Waals surface area contributed by atoms with Gasteiger partial charge in [-0.25, -0.2) is 15.0 Å². The molecule has 0 radical (unpaired) electrons. The maximum Gasteiger partial charge on any atom is 0.164 e. The van der Waals surface area contributed by atoms with E-state index >= 15 is 0 Å². The molecule has 62 heavy (non-hydrogen) atoms. The standard InChI is InChI=1S/C57H37N3S2/c1-3-13-36(14-4-1)40-17-11-18-42(33-40)44-19-7-8-20-45(44)43-30-32-52-49(35-43)54-47(22-12-24-53(54)62-52)57-59-55(38-15-5-2-6-16-38)58-56(60-57)39-27-25-37(26-28-39)41-29-31-51-48(34-41)46-21-9-10-23-50(46)61-51/h1-33,35,48H,34H2. The van der Waals surface area contributed by atoms with Gasteiger partial charge in [-0.1, -0.05) is 188 Å². The molecule has 292 valence electrons. The molecule has 1 aliphatic carbocycles. The van der Waals surface area contributed by atoms with Crippen LogP contribution in [-0.2, 0) is 0 Å². The Bertz CT molecular complexity index is 3400. The molecule has 1 aliphatic heterocycles. The summed E-state index contributed by atoms with van der Waals surface area (Å²) in [6, 6.07) is 69.5. The summed E-state index contributed by atoms with van der Waals surface area (Å²) < 4.78 is 2.43. The van der Waals surface area contributed by atoms with Gasteiger partial charge in [0.25, 0.3) is 0 Å². The third kappa shape index (κ3) is 6.58. The fraction of sp³-hybridized carbons (Fsp3) is 0.0351. The van der Waals surface area contributed by atoms with Crippen molar-refractivity contribution in [2.24, 2.45) is 0 Å². The summed E-state index contributed by atoms with van der Waals surface area (Å²) in [7, 11) is 0. The van der Waals surface area contributed by atoms with Gasteiger partial charge < -0.3 is 0 Å². The van der Waals surface area contributed by atoms with Crippen molar-refractivity contribution in [2.75, 3.05) is 0 Å². The van der Waals surface area contributed by atoms with Crippen LogP contribution in [0.15, 0.2) is 216 Å². The molecule has 0 spiro atoms. The lowest BCUT2D eigenvalue weighted by molar-refractivity contribution is 0.850. The molecule has 12 rings (SSSR count). The van der Waals surface area contributed by atoms with Crippen LogP contribution in [0.2, 0.25) is 0 Å². The smallest absolute Gasteiger partial charge is 0.164 e. The van der Waals surface area contributed by atoms with Gasteiger partial charge >= 0.3 is 0 Å². The number of hydrogen-bond donors (Lipinski definition) is 0. The average Bonchev–Trinajstić information content (AvgIpc) is 3.92. The maximum absolute atomic E-state index is 5.27. The molecule has 8 aromatic carbocycles. The SMILES string of the molecule is C1=C(c2ccc(-c3nc(-c4ccccc4)nc(-c4cccc5sc6ccc(-c7ccccc7-c7cccc(-c8ccccc8)c7)cc6c45)n3)cc2)CC2C(=C1)Sc1ccccc12. The minimum absolute atomic E-state index is 0.425. The minimum atomic E-state index is 0.425. The summed E-state index contributed by atoms with van der Waals surface area (Å²) in [5.74, 6) is 2.40. The van der Waals surface area contributed by atoms with Crippen LogP contribution in [0.4, 0.5) is 0 Å². The quantitative estimate of drug-likeness (QED) is 0.160. The van der Waals surface area contributed by atoms with Crippen molar-refractivity contribution in [3.05, 3.63) is 222 Å². The summed E-state index contributed by atoms with van der Waals surface area (Å²) in [6.07, 6.45) is 5.61. The van der Waals surface area contributed by atoms with Gasteiger partial charge in [0.1, 0.15) is 0 Å². The molecule has 0 bridgehead atoms. The van der Waals surface area contributed by atoms with Crippen LogP contribution in [0.1, 0.15) is 23.5 Å². The van der Waals surface area contributed by atoms with E-state index in [1.165, 1.54) is 74.7 Å². The fourth-order valence-corrected chi connectivity index (χ4v) is 11.4. The monoisotopic (exact) mass is 827 g/mol. The molecule has 0 saturated carbocycles. The number of thiophene rings is 1. The van der Waals surface area contributed by atoms with Crippen LogP contribution in [0, 0.1) is 0 Å². The van der Waals surface area contributed by atoms with E-state index in [0.29, 0.717) is 23.4 Å². The number of aromatic nitrogens is 3. The summed E-state index contributed by atoms with van der Waals surface area (Å²) in [5.41, 5.74) is 14.1. The van der Waals surface area contributed by atoms with E-state index in [4.69, 9.17) is 15.0 Å². The zero-order chi connectivity index (χ0) is 41.0. The summed E-state index contributed by atoms with van der Waals surface area (Å²) >= 11 is 3.72. The van der Waals surface area contributed by atoms with Crippen LogP contribution in [0.3, 0.4) is 0 Å². The highest BCUT2D eigenvalue weighted by Gasteiger charge is 2.30. The molecule has 0 fully saturated rings. The van der Waals surface area contributed by atoms with E-state index < -0.39 is 0 Å². The highest BCUT2D eigenvalue weighted by atomic mass is 32.2. The first-order valence-corrected chi connectivity index (χ1v) is 22.6. The van der Waals surface area contributed by atoms with E-state index in [1.54, 1.807) is 0 Å². The van der Waals surface area contributed by atoms with Crippen LogP contribution in [0.25, 0.3) is 93.3 Å². The first-order valence-electron chi connectivity index (χ1n) is 21.0. The van der Waals surface area contributed by atoms with Gasteiger partial charge in [0, 0.05) is 47.7 Å². The summed E-state index contributed by atoms with van der Waals surface area (Å²) in [5, 5.41) is 2.35. The van der Waals surface area contributed by atoms with Crippen LogP contribution in [-0.4, -0.2) is 15.0 Å². The van der Waals surface area contributed by atoms with Crippen molar-refractivity contribution in [3.8, 4) is 67.5 Å². The summed E-state index contributed by atoms with van der Waals surface area (Å²) in [4.78, 5) is 18.4. The molecule has 10 aromatic rings. The first kappa shape index (κ1) is 36.7. The van der Waals surface area contributed by atoms with Crippen LogP contribution in [0.5, 0.6) is 0 Å². The predicted octanol–water partition coefficient (Wildman–Crippen LogP) is 15.8.